The second kappa shape index (κ2) is 11.7. The van der Waals surface area contributed by atoms with Crippen LogP contribution in [0.1, 0.15) is 11.1 Å². The fourth-order valence-corrected chi connectivity index (χ4v) is 3.69. The zero-order chi connectivity index (χ0) is 24.5. The molecular formula is C24H28N4O6. The predicted octanol–water partition coefficient (Wildman–Crippen LogP) is 1.41. The van der Waals surface area contributed by atoms with Crippen molar-refractivity contribution in [1.29, 1.82) is 0 Å². The second-order valence-corrected chi connectivity index (χ2v) is 8.03. The number of carboxylic acid groups (broad SMARTS) is 2. The van der Waals surface area contributed by atoms with Gasteiger partial charge in [-0.3, -0.25) is 0 Å². The maximum Gasteiger partial charge on any atom is 0.326 e. The molecule has 1 heterocycles. The molecule has 0 radical (unpaired) electrons. The van der Waals surface area contributed by atoms with Gasteiger partial charge >= 0.3 is 24.0 Å². The first-order valence-electron chi connectivity index (χ1n) is 11.0. The van der Waals surface area contributed by atoms with Crippen LogP contribution >= 0.6 is 0 Å². The summed E-state index contributed by atoms with van der Waals surface area (Å²) < 4.78 is 0. The molecule has 10 heteroatoms. The summed E-state index contributed by atoms with van der Waals surface area (Å²) >= 11 is 0. The van der Waals surface area contributed by atoms with Gasteiger partial charge in [-0.1, -0.05) is 60.7 Å². The molecule has 2 aromatic rings. The van der Waals surface area contributed by atoms with Crippen molar-refractivity contribution in [2.75, 3.05) is 26.2 Å². The summed E-state index contributed by atoms with van der Waals surface area (Å²) in [6, 6.07) is 14.8. The van der Waals surface area contributed by atoms with Crippen LogP contribution < -0.4 is 10.6 Å². The average Bonchev–Trinajstić information content (AvgIpc) is 2.84. The van der Waals surface area contributed by atoms with Gasteiger partial charge in [0.1, 0.15) is 12.1 Å². The summed E-state index contributed by atoms with van der Waals surface area (Å²) in [4.78, 5) is 51.3. The molecule has 4 N–H and O–H groups in total. The SMILES string of the molecule is O=C(O)C(Cc1ccccc1)NC(=O)N1CCN(C(=O)NC(Cc2ccccc2)C(=O)O)CC1. The van der Waals surface area contributed by atoms with E-state index in [9.17, 15) is 29.4 Å². The Balaban J connectivity index is 1.50. The van der Waals surface area contributed by atoms with Gasteiger partial charge in [-0.15, -0.1) is 0 Å². The van der Waals surface area contributed by atoms with Crippen molar-refractivity contribution in [3.63, 3.8) is 0 Å². The van der Waals surface area contributed by atoms with E-state index in [1.54, 1.807) is 48.5 Å². The Hall–Kier alpha value is -4.08. The van der Waals surface area contributed by atoms with Gasteiger partial charge < -0.3 is 30.6 Å². The maximum atomic E-state index is 12.6. The van der Waals surface area contributed by atoms with Crippen molar-refractivity contribution in [3.05, 3.63) is 71.8 Å². The zero-order valence-corrected chi connectivity index (χ0v) is 18.6. The minimum Gasteiger partial charge on any atom is -0.480 e. The quantitative estimate of drug-likeness (QED) is 0.462. The predicted molar refractivity (Wildman–Crippen MR) is 123 cm³/mol. The summed E-state index contributed by atoms with van der Waals surface area (Å²) in [6.45, 7) is 0.807. The zero-order valence-electron chi connectivity index (χ0n) is 18.6. The number of amides is 4. The Morgan fingerprint density at radius 2 is 0.971 bits per heavy atom. The number of carbonyl (C=O) groups excluding carboxylic acids is 2. The highest BCUT2D eigenvalue weighted by Gasteiger charge is 2.29. The Kier molecular flexibility index (Phi) is 8.44. The summed E-state index contributed by atoms with van der Waals surface area (Å²) in [5.74, 6) is -2.26. The molecule has 1 aliphatic rings. The molecule has 4 amide bonds. The van der Waals surface area contributed by atoms with Crippen LogP contribution in [0.3, 0.4) is 0 Å². The molecule has 34 heavy (non-hydrogen) atoms. The van der Waals surface area contributed by atoms with Crippen LogP contribution in [0.2, 0.25) is 0 Å². The van der Waals surface area contributed by atoms with Crippen LogP contribution in [0.15, 0.2) is 60.7 Å². The normalized spacial score (nSPS) is 15.2. The Labute approximate surface area is 197 Å². The highest BCUT2D eigenvalue weighted by molar-refractivity contribution is 5.84. The summed E-state index contributed by atoms with van der Waals surface area (Å²) in [7, 11) is 0. The van der Waals surface area contributed by atoms with Crippen LogP contribution in [-0.4, -0.2) is 82.3 Å². The van der Waals surface area contributed by atoms with E-state index in [1.165, 1.54) is 9.80 Å². The lowest BCUT2D eigenvalue weighted by molar-refractivity contribution is -0.140. The van der Waals surface area contributed by atoms with Gasteiger partial charge in [-0.05, 0) is 11.1 Å². The van der Waals surface area contributed by atoms with Crippen LogP contribution in [0.25, 0.3) is 0 Å². The van der Waals surface area contributed by atoms with Crippen molar-refractivity contribution in [2.45, 2.75) is 24.9 Å². The van der Waals surface area contributed by atoms with Crippen molar-refractivity contribution >= 4 is 24.0 Å². The fraction of sp³-hybridized carbons (Fsp3) is 0.333. The third kappa shape index (κ3) is 6.96. The van der Waals surface area contributed by atoms with E-state index in [4.69, 9.17) is 0 Å². The van der Waals surface area contributed by atoms with Gasteiger partial charge in [0.25, 0.3) is 0 Å². The van der Waals surface area contributed by atoms with Crippen LogP contribution in [0.4, 0.5) is 9.59 Å². The first kappa shape index (κ1) is 24.6. The molecule has 180 valence electrons. The standard InChI is InChI=1S/C24H28N4O6/c29-21(30)19(15-17-7-3-1-4-8-17)25-23(33)27-11-13-28(14-12-27)24(34)26-20(22(31)32)16-18-9-5-2-6-10-18/h1-10,19-20H,11-16H2,(H,25,33)(H,26,34)(H,29,30)(H,31,32). The number of aliphatic carboxylic acids is 2. The molecule has 3 rings (SSSR count). The third-order valence-electron chi connectivity index (χ3n) is 5.61. The van der Waals surface area contributed by atoms with Gasteiger partial charge in [-0.25, -0.2) is 19.2 Å². The van der Waals surface area contributed by atoms with E-state index in [1.807, 2.05) is 12.1 Å². The molecule has 0 saturated carbocycles. The molecule has 2 aromatic carbocycles. The molecule has 0 aromatic heterocycles. The van der Waals surface area contributed by atoms with Crippen LogP contribution in [0.5, 0.6) is 0 Å². The Morgan fingerprint density at radius 3 is 1.26 bits per heavy atom. The number of nitrogens with zero attached hydrogens (tertiary/aromatic N) is 2. The largest absolute Gasteiger partial charge is 0.480 e. The highest BCUT2D eigenvalue weighted by atomic mass is 16.4. The third-order valence-corrected chi connectivity index (χ3v) is 5.61. The van der Waals surface area contributed by atoms with Crippen molar-refractivity contribution in [3.8, 4) is 0 Å². The lowest BCUT2D eigenvalue weighted by Gasteiger charge is -2.35. The summed E-state index contributed by atoms with van der Waals surface area (Å²) in [5, 5.41) is 24.1. The van der Waals surface area contributed by atoms with Crippen LogP contribution in [0, 0.1) is 0 Å². The Morgan fingerprint density at radius 1 is 0.647 bits per heavy atom. The molecule has 1 saturated heterocycles. The molecule has 1 fully saturated rings. The van der Waals surface area contributed by atoms with Crippen molar-refractivity contribution < 1.29 is 29.4 Å². The number of urea groups is 2. The number of hydrogen-bond acceptors (Lipinski definition) is 4. The fourth-order valence-electron chi connectivity index (χ4n) is 3.69. The van der Waals surface area contributed by atoms with Gasteiger partial charge in [0.15, 0.2) is 0 Å². The molecule has 0 aliphatic carbocycles. The second-order valence-electron chi connectivity index (χ2n) is 8.03. The maximum absolute atomic E-state index is 12.6. The smallest absolute Gasteiger partial charge is 0.326 e. The number of piperazine rings is 1. The van der Waals surface area contributed by atoms with Crippen LogP contribution in [-0.2, 0) is 22.4 Å². The Bertz CT molecular complexity index is 912. The van der Waals surface area contributed by atoms with E-state index in [0.717, 1.165) is 11.1 Å². The van der Waals surface area contributed by atoms with E-state index >= 15 is 0 Å². The minimum atomic E-state index is -1.13. The minimum absolute atomic E-state index is 0.155. The molecule has 0 bridgehead atoms. The highest BCUT2D eigenvalue weighted by Crippen LogP contribution is 2.08. The number of carboxylic acids is 2. The first-order chi connectivity index (χ1) is 16.3. The number of nitrogens with one attached hydrogen (secondary N) is 2. The lowest BCUT2D eigenvalue weighted by Crippen LogP contribution is -2.58. The van der Waals surface area contributed by atoms with E-state index in [0.29, 0.717) is 0 Å². The average molecular weight is 469 g/mol. The number of benzene rings is 2. The summed E-state index contributed by atoms with van der Waals surface area (Å²) in [6.07, 6.45) is 0.310. The van der Waals surface area contributed by atoms with Gasteiger partial charge in [0.2, 0.25) is 0 Å². The van der Waals surface area contributed by atoms with Gasteiger partial charge in [0, 0.05) is 39.0 Å². The number of hydrogen-bond donors (Lipinski definition) is 4. The van der Waals surface area contributed by atoms with E-state index in [-0.39, 0.29) is 39.0 Å². The first-order valence-corrected chi connectivity index (χ1v) is 11.0. The van der Waals surface area contributed by atoms with Gasteiger partial charge in [-0.2, -0.15) is 0 Å². The van der Waals surface area contributed by atoms with Crippen molar-refractivity contribution in [2.24, 2.45) is 0 Å². The molecule has 1 aliphatic heterocycles. The molecule has 2 unspecified atom stereocenters. The molecule has 2 atom stereocenters. The molecular weight excluding hydrogens is 440 g/mol. The van der Waals surface area contributed by atoms with Crippen molar-refractivity contribution in [1.82, 2.24) is 20.4 Å². The topological polar surface area (TPSA) is 139 Å². The van der Waals surface area contributed by atoms with E-state index < -0.39 is 36.1 Å². The monoisotopic (exact) mass is 468 g/mol. The number of carbonyl (C=O) groups is 4. The lowest BCUT2D eigenvalue weighted by atomic mass is 10.1. The van der Waals surface area contributed by atoms with E-state index in [2.05, 4.69) is 10.6 Å². The number of rotatable bonds is 8. The molecule has 10 nitrogen and oxygen atoms in total. The summed E-state index contributed by atoms with van der Waals surface area (Å²) in [5.41, 5.74) is 1.58. The molecule has 0 spiro atoms. The van der Waals surface area contributed by atoms with Gasteiger partial charge in [0.05, 0.1) is 0 Å².